The predicted molar refractivity (Wildman–Crippen MR) is 72.4 cm³/mol. The molecule has 0 radical (unpaired) electrons. The molecule has 1 rings (SSSR count). The molecule has 0 atom stereocenters. The molecule has 0 fully saturated rings. The minimum atomic E-state index is -0.915. The maximum atomic E-state index is 10.8. The Balaban J connectivity index is 2.86. The topological polar surface area (TPSA) is 70.0 Å². The van der Waals surface area contributed by atoms with Crippen molar-refractivity contribution in [2.75, 3.05) is 19.7 Å². The van der Waals surface area contributed by atoms with Gasteiger partial charge in [-0.05, 0) is 13.0 Å². The van der Waals surface area contributed by atoms with Crippen LogP contribution in [0.3, 0.4) is 0 Å². The van der Waals surface area contributed by atoms with E-state index in [0.717, 1.165) is 0 Å². The third kappa shape index (κ3) is 4.63. The zero-order valence-corrected chi connectivity index (χ0v) is 11.0. The highest BCUT2D eigenvalue weighted by atomic mass is 16.5. The first-order chi connectivity index (χ1) is 9.08. The van der Waals surface area contributed by atoms with E-state index in [-0.39, 0.29) is 12.3 Å². The number of ether oxygens (including phenoxy) is 1. The van der Waals surface area contributed by atoms with E-state index in [4.69, 9.17) is 9.84 Å². The Morgan fingerprint density at radius 1 is 1.53 bits per heavy atom. The quantitative estimate of drug-likeness (QED) is 0.702. The fraction of sp³-hybridized carbons (Fsp3) is 0.357. The van der Waals surface area contributed by atoms with Gasteiger partial charge in [0.2, 0.25) is 0 Å². The van der Waals surface area contributed by atoms with Gasteiger partial charge < -0.3 is 14.9 Å². The van der Waals surface area contributed by atoms with Crippen LogP contribution in [0.1, 0.15) is 12.5 Å². The van der Waals surface area contributed by atoms with Gasteiger partial charge in [0.05, 0.1) is 13.2 Å². The third-order valence-electron chi connectivity index (χ3n) is 2.52. The smallest absolute Gasteiger partial charge is 0.317 e. The number of hydrogen-bond acceptors (Lipinski definition) is 4. The summed E-state index contributed by atoms with van der Waals surface area (Å²) in [5.41, 5.74) is 0.633. The summed E-state index contributed by atoms with van der Waals surface area (Å²) in [5, 5.41) is 18.9. The molecule has 0 amide bonds. The Morgan fingerprint density at radius 2 is 2.26 bits per heavy atom. The molecule has 0 saturated carbocycles. The molecule has 0 aliphatic rings. The molecule has 0 aliphatic heterocycles. The molecule has 104 valence electrons. The summed E-state index contributed by atoms with van der Waals surface area (Å²) >= 11 is 0. The Morgan fingerprint density at radius 3 is 2.84 bits per heavy atom. The van der Waals surface area contributed by atoms with Gasteiger partial charge in [-0.3, -0.25) is 9.69 Å². The molecular formula is C14H19NO4. The monoisotopic (exact) mass is 265 g/mol. The van der Waals surface area contributed by atoms with Crippen molar-refractivity contribution in [2.45, 2.75) is 13.5 Å². The van der Waals surface area contributed by atoms with Crippen LogP contribution < -0.4 is 4.74 Å². The van der Waals surface area contributed by atoms with E-state index in [1.165, 1.54) is 0 Å². The lowest BCUT2D eigenvalue weighted by Crippen LogP contribution is -2.29. The van der Waals surface area contributed by atoms with E-state index < -0.39 is 5.97 Å². The second-order valence-electron chi connectivity index (χ2n) is 4.05. The van der Waals surface area contributed by atoms with Crippen LogP contribution in [0.2, 0.25) is 0 Å². The molecule has 0 aromatic heterocycles. The molecule has 19 heavy (non-hydrogen) atoms. The number of carboxylic acid groups (broad SMARTS) is 1. The lowest BCUT2D eigenvalue weighted by atomic mass is 10.1. The lowest BCUT2D eigenvalue weighted by molar-refractivity contribution is -0.138. The summed E-state index contributed by atoms with van der Waals surface area (Å²) in [6.07, 6.45) is 1.63. The van der Waals surface area contributed by atoms with Gasteiger partial charge in [-0.25, -0.2) is 0 Å². The number of nitrogens with zero attached hydrogens (tertiary/aromatic N) is 1. The Kier molecular flexibility index (Phi) is 5.89. The number of para-hydroxylation sites is 1. The van der Waals surface area contributed by atoms with Gasteiger partial charge in [0.15, 0.2) is 11.5 Å². The number of carboxylic acids is 1. The average Bonchev–Trinajstić information content (AvgIpc) is 2.34. The number of phenolic OH excluding ortho intramolecular Hbond substituents is 1. The molecule has 0 unspecified atom stereocenters. The minimum Gasteiger partial charge on any atom is -0.504 e. The third-order valence-corrected chi connectivity index (χ3v) is 2.52. The molecule has 1 aromatic carbocycles. The molecule has 2 N–H and O–H groups in total. The highest BCUT2D eigenvalue weighted by Crippen LogP contribution is 2.30. The molecule has 0 aliphatic carbocycles. The van der Waals surface area contributed by atoms with E-state index in [1.807, 2.05) is 6.92 Å². The van der Waals surface area contributed by atoms with Gasteiger partial charge in [0, 0.05) is 18.7 Å². The van der Waals surface area contributed by atoms with Crippen LogP contribution in [0, 0.1) is 0 Å². The number of rotatable bonds is 8. The van der Waals surface area contributed by atoms with Crippen LogP contribution in [0.15, 0.2) is 30.9 Å². The standard InChI is InChI=1S/C14H19NO4/c1-3-8-15(10-13(16)17)9-11-6-5-7-12(14(11)18)19-4-2/h3,5-7,18H,1,4,8-10H2,2H3,(H,16,17). The van der Waals surface area contributed by atoms with Crippen LogP contribution >= 0.6 is 0 Å². The number of aromatic hydroxyl groups is 1. The molecule has 5 heteroatoms. The highest BCUT2D eigenvalue weighted by molar-refractivity contribution is 5.69. The Labute approximate surface area is 112 Å². The zero-order valence-electron chi connectivity index (χ0n) is 11.0. The lowest BCUT2D eigenvalue weighted by Gasteiger charge is -2.19. The highest BCUT2D eigenvalue weighted by Gasteiger charge is 2.13. The van der Waals surface area contributed by atoms with Gasteiger partial charge in [-0.1, -0.05) is 18.2 Å². The van der Waals surface area contributed by atoms with Gasteiger partial charge in [-0.15, -0.1) is 6.58 Å². The summed E-state index contributed by atoms with van der Waals surface area (Å²) in [5.74, 6) is -0.444. The van der Waals surface area contributed by atoms with Crippen LogP contribution in [-0.4, -0.2) is 40.8 Å². The fourth-order valence-electron chi connectivity index (χ4n) is 1.77. The van der Waals surface area contributed by atoms with Crippen molar-refractivity contribution in [1.82, 2.24) is 4.90 Å². The van der Waals surface area contributed by atoms with Crippen LogP contribution in [-0.2, 0) is 11.3 Å². The van der Waals surface area contributed by atoms with Crippen molar-refractivity contribution in [1.29, 1.82) is 0 Å². The molecule has 1 aromatic rings. The molecule has 0 saturated heterocycles. The summed E-state index contributed by atoms with van der Waals surface area (Å²) in [6.45, 7) is 6.54. The second kappa shape index (κ2) is 7.43. The van der Waals surface area contributed by atoms with Gasteiger partial charge in [0.1, 0.15) is 0 Å². The normalized spacial score (nSPS) is 10.4. The van der Waals surface area contributed by atoms with E-state index in [9.17, 15) is 9.90 Å². The predicted octanol–water partition coefficient (Wildman–Crippen LogP) is 1.86. The van der Waals surface area contributed by atoms with E-state index >= 15 is 0 Å². The first-order valence-corrected chi connectivity index (χ1v) is 6.07. The van der Waals surface area contributed by atoms with Crippen LogP contribution in [0.5, 0.6) is 11.5 Å². The largest absolute Gasteiger partial charge is 0.504 e. The number of phenols is 1. The number of aliphatic carboxylic acids is 1. The van der Waals surface area contributed by atoms with E-state index in [0.29, 0.717) is 31.0 Å². The minimum absolute atomic E-state index is 0.0591. The fourth-order valence-corrected chi connectivity index (χ4v) is 1.77. The Bertz CT molecular complexity index is 445. The molecule has 0 bridgehead atoms. The van der Waals surface area contributed by atoms with Crippen molar-refractivity contribution in [3.63, 3.8) is 0 Å². The van der Waals surface area contributed by atoms with E-state index in [1.54, 1.807) is 29.2 Å². The van der Waals surface area contributed by atoms with Crippen molar-refractivity contribution in [3.8, 4) is 11.5 Å². The Hall–Kier alpha value is -2.01. The number of hydrogen-bond donors (Lipinski definition) is 2. The maximum Gasteiger partial charge on any atom is 0.317 e. The summed E-state index contributed by atoms with van der Waals surface area (Å²) in [6, 6.07) is 5.19. The molecule has 5 nitrogen and oxygen atoms in total. The number of carbonyl (C=O) groups is 1. The summed E-state index contributed by atoms with van der Waals surface area (Å²) in [4.78, 5) is 12.4. The molecular weight excluding hydrogens is 246 g/mol. The zero-order chi connectivity index (χ0) is 14.3. The molecule has 0 spiro atoms. The van der Waals surface area contributed by atoms with Gasteiger partial charge in [0.25, 0.3) is 0 Å². The maximum absolute atomic E-state index is 10.8. The first-order valence-electron chi connectivity index (χ1n) is 6.07. The van der Waals surface area contributed by atoms with E-state index in [2.05, 4.69) is 6.58 Å². The van der Waals surface area contributed by atoms with Crippen molar-refractivity contribution in [2.24, 2.45) is 0 Å². The second-order valence-corrected chi connectivity index (χ2v) is 4.05. The van der Waals surface area contributed by atoms with Crippen LogP contribution in [0.25, 0.3) is 0 Å². The number of benzene rings is 1. The average molecular weight is 265 g/mol. The molecule has 0 heterocycles. The SMILES string of the molecule is C=CCN(CC(=O)O)Cc1cccc(OCC)c1O. The van der Waals surface area contributed by atoms with Crippen molar-refractivity contribution in [3.05, 3.63) is 36.4 Å². The first kappa shape index (κ1) is 15.0. The van der Waals surface area contributed by atoms with Crippen molar-refractivity contribution >= 4 is 5.97 Å². The van der Waals surface area contributed by atoms with Gasteiger partial charge in [-0.2, -0.15) is 0 Å². The summed E-state index contributed by atoms with van der Waals surface area (Å²) in [7, 11) is 0. The van der Waals surface area contributed by atoms with Crippen molar-refractivity contribution < 1.29 is 19.7 Å². The van der Waals surface area contributed by atoms with Crippen LogP contribution in [0.4, 0.5) is 0 Å². The van der Waals surface area contributed by atoms with Gasteiger partial charge >= 0.3 is 5.97 Å². The summed E-state index contributed by atoms with van der Waals surface area (Å²) < 4.78 is 5.29.